The van der Waals surface area contributed by atoms with Crippen molar-refractivity contribution in [3.8, 4) is 0 Å². The van der Waals surface area contributed by atoms with Crippen LogP contribution in [0.1, 0.15) is 37.3 Å². The van der Waals surface area contributed by atoms with Crippen molar-refractivity contribution < 1.29 is 20.0 Å². The lowest BCUT2D eigenvalue weighted by atomic mass is 10.1. The Balaban J connectivity index is 2.58. The molecule has 0 heterocycles. The van der Waals surface area contributed by atoms with Gasteiger partial charge in [0, 0.05) is 5.69 Å². The summed E-state index contributed by atoms with van der Waals surface area (Å²) in [5, 5.41) is 15.5. The molecule has 0 aliphatic rings. The number of aryl methyl sites for hydroxylation is 2. The van der Waals surface area contributed by atoms with Gasteiger partial charge in [-0.15, -0.1) is 0 Å². The van der Waals surface area contributed by atoms with Gasteiger partial charge < -0.3 is 20.5 Å². The maximum Gasteiger partial charge on any atom is 0.230 e. The Morgan fingerprint density at radius 3 is 2.38 bits per heavy atom. The molecule has 1 aromatic rings. The van der Waals surface area contributed by atoms with E-state index in [0.29, 0.717) is 12.2 Å². The number of nitrogens with one attached hydrogen (secondary N) is 1. The number of aliphatic carboxylic acids is 1. The molecule has 0 fully saturated rings. The minimum atomic E-state index is -1.19. The zero-order valence-corrected chi connectivity index (χ0v) is 12.9. The fraction of sp³-hybridized carbons (Fsp3) is 0.500. The predicted octanol–water partition coefficient (Wildman–Crippen LogP) is 0.114. The lowest BCUT2D eigenvalue weighted by Gasteiger charge is -2.16. The summed E-state index contributed by atoms with van der Waals surface area (Å²) in [5.41, 5.74) is 2.80. The lowest BCUT2D eigenvalue weighted by molar-refractivity contribution is -0.682. The van der Waals surface area contributed by atoms with Gasteiger partial charge in [-0.1, -0.05) is 19.4 Å². The second-order valence-corrected chi connectivity index (χ2v) is 5.43. The molecule has 1 amide bonds. The molecule has 1 aromatic carbocycles. The Kier molecular flexibility index (Phi) is 6.88. The Morgan fingerprint density at radius 1 is 1.24 bits per heavy atom. The number of carbonyl (C=O) groups is 2. The number of carbonyl (C=O) groups excluding carboxylic acids is 2. The van der Waals surface area contributed by atoms with Crippen LogP contribution in [0, 0.1) is 13.8 Å². The molecule has 116 valence electrons. The topological polar surface area (TPSA) is 85.8 Å². The summed E-state index contributed by atoms with van der Waals surface area (Å²) < 4.78 is 0. The molecule has 21 heavy (non-hydrogen) atoms. The van der Waals surface area contributed by atoms with Gasteiger partial charge in [-0.3, -0.25) is 4.79 Å². The van der Waals surface area contributed by atoms with Gasteiger partial charge in [-0.05, 0) is 43.5 Å². The second-order valence-electron chi connectivity index (χ2n) is 5.43. The zero-order valence-electron chi connectivity index (χ0n) is 12.9. The van der Waals surface area contributed by atoms with Gasteiger partial charge in [0.1, 0.15) is 6.04 Å². The van der Waals surface area contributed by atoms with E-state index in [0.717, 1.165) is 24.0 Å². The van der Waals surface area contributed by atoms with Crippen LogP contribution < -0.4 is 15.7 Å². The molecule has 5 nitrogen and oxygen atoms in total. The SMILES string of the molecule is CCCC[NH2+][C@@H](CC(=O)Nc1cc(C)cc(C)c1)C(=O)[O-]. The fourth-order valence-corrected chi connectivity index (χ4v) is 2.24. The average Bonchev–Trinajstić information content (AvgIpc) is 2.36. The van der Waals surface area contributed by atoms with Crippen molar-refractivity contribution >= 4 is 17.6 Å². The van der Waals surface area contributed by atoms with Gasteiger partial charge >= 0.3 is 0 Å². The molecule has 0 aliphatic carbocycles. The van der Waals surface area contributed by atoms with E-state index in [9.17, 15) is 14.7 Å². The maximum atomic E-state index is 12.0. The van der Waals surface area contributed by atoms with Gasteiger partial charge in [-0.25, -0.2) is 0 Å². The van der Waals surface area contributed by atoms with Gasteiger partial charge in [0.2, 0.25) is 5.91 Å². The number of carboxylic acids is 1. The molecule has 0 aliphatic heterocycles. The molecule has 1 rings (SSSR count). The van der Waals surface area contributed by atoms with Crippen LogP contribution in [0.15, 0.2) is 18.2 Å². The highest BCUT2D eigenvalue weighted by atomic mass is 16.4. The molecule has 0 saturated heterocycles. The van der Waals surface area contributed by atoms with E-state index >= 15 is 0 Å². The average molecular weight is 292 g/mol. The van der Waals surface area contributed by atoms with E-state index in [1.165, 1.54) is 0 Å². The van der Waals surface area contributed by atoms with Gasteiger partial charge in [0.05, 0.1) is 18.9 Å². The fourth-order valence-electron chi connectivity index (χ4n) is 2.24. The van der Waals surface area contributed by atoms with E-state index < -0.39 is 12.0 Å². The number of unbranched alkanes of at least 4 members (excludes halogenated alkanes) is 1. The number of nitrogens with two attached hydrogens (primary N) is 1. The molecular weight excluding hydrogens is 268 g/mol. The Morgan fingerprint density at radius 2 is 1.86 bits per heavy atom. The Bertz CT molecular complexity index is 480. The van der Waals surface area contributed by atoms with E-state index in [1.807, 2.05) is 39.0 Å². The number of amides is 1. The van der Waals surface area contributed by atoms with Crippen molar-refractivity contribution in [1.29, 1.82) is 0 Å². The molecule has 0 radical (unpaired) electrons. The van der Waals surface area contributed by atoms with E-state index in [4.69, 9.17) is 0 Å². The quantitative estimate of drug-likeness (QED) is 0.667. The highest BCUT2D eigenvalue weighted by Gasteiger charge is 2.18. The number of hydrogen-bond donors (Lipinski definition) is 2. The number of hydrogen-bond acceptors (Lipinski definition) is 3. The van der Waals surface area contributed by atoms with Crippen LogP contribution in [0.3, 0.4) is 0 Å². The standard InChI is InChI=1S/C16H24N2O3/c1-4-5-6-17-14(16(20)21)10-15(19)18-13-8-11(2)7-12(3)9-13/h7-9,14,17H,4-6,10H2,1-3H3,(H,18,19)(H,20,21)/t14-/m0/s1. The highest BCUT2D eigenvalue weighted by Crippen LogP contribution is 2.13. The normalized spacial score (nSPS) is 12.0. The summed E-state index contributed by atoms with van der Waals surface area (Å²) >= 11 is 0. The first-order valence-electron chi connectivity index (χ1n) is 7.34. The van der Waals surface area contributed by atoms with Gasteiger partial charge in [0.15, 0.2) is 0 Å². The highest BCUT2D eigenvalue weighted by molar-refractivity contribution is 5.93. The first kappa shape index (κ1) is 17.2. The molecule has 5 heteroatoms. The predicted molar refractivity (Wildman–Crippen MR) is 79.7 cm³/mol. The van der Waals surface area contributed by atoms with Crippen molar-refractivity contribution in [2.75, 3.05) is 11.9 Å². The van der Waals surface area contributed by atoms with E-state index in [-0.39, 0.29) is 12.3 Å². The monoisotopic (exact) mass is 292 g/mol. The summed E-state index contributed by atoms with van der Waals surface area (Å²) in [7, 11) is 0. The minimum absolute atomic E-state index is 0.0843. The van der Waals surface area contributed by atoms with Crippen molar-refractivity contribution in [3.63, 3.8) is 0 Å². The van der Waals surface area contributed by atoms with E-state index in [1.54, 1.807) is 5.32 Å². The minimum Gasteiger partial charge on any atom is -0.544 e. The lowest BCUT2D eigenvalue weighted by Crippen LogP contribution is -2.93. The van der Waals surface area contributed by atoms with Crippen LogP contribution in [-0.2, 0) is 9.59 Å². The first-order chi connectivity index (χ1) is 9.92. The molecule has 3 N–H and O–H groups in total. The third kappa shape index (κ3) is 6.40. The summed E-state index contributed by atoms with van der Waals surface area (Å²) in [6.07, 6.45) is 1.83. The van der Waals surface area contributed by atoms with Gasteiger partial charge in [-0.2, -0.15) is 0 Å². The van der Waals surface area contributed by atoms with Crippen LogP contribution in [0.4, 0.5) is 5.69 Å². The van der Waals surface area contributed by atoms with Crippen molar-refractivity contribution in [3.05, 3.63) is 29.3 Å². The second kappa shape index (κ2) is 8.42. The maximum absolute atomic E-state index is 12.0. The molecule has 0 saturated carbocycles. The summed E-state index contributed by atoms with van der Waals surface area (Å²) in [6.45, 7) is 6.62. The third-order valence-electron chi connectivity index (χ3n) is 3.22. The Labute approximate surface area is 125 Å². The van der Waals surface area contributed by atoms with Gasteiger partial charge in [0.25, 0.3) is 0 Å². The number of benzene rings is 1. The van der Waals surface area contributed by atoms with Crippen LogP contribution in [0.2, 0.25) is 0 Å². The van der Waals surface area contributed by atoms with Crippen molar-refractivity contribution in [2.45, 2.75) is 46.1 Å². The molecule has 1 atom stereocenters. The largest absolute Gasteiger partial charge is 0.544 e. The molecule has 0 bridgehead atoms. The van der Waals surface area contributed by atoms with Crippen LogP contribution in [-0.4, -0.2) is 24.5 Å². The number of rotatable bonds is 8. The van der Waals surface area contributed by atoms with Crippen LogP contribution in [0.5, 0.6) is 0 Å². The van der Waals surface area contributed by atoms with Crippen LogP contribution >= 0.6 is 0 Å². The summed E-state index contributed by atoms with van der Waals surface area (Å²) in [5.74, 6) is -1.50. The summed E-state index contributed by atoms with van der Waals surface area (Å²) in [4.78, 5) is 23.0. The van der Waals surface area contributed by atoms with E-state index in [2.05, 4.69) is 5.32 Å². The molecule has 0 spiro atoms. The van der Waals surface area contributed by atoms with Crippen molar-refractivity contribution in [1.82, 2.24) is 0 Å². The first-order valence-corrected chi connectivity index (χ1v) is 7.34. The summed E-state index contributed by atoms with van der Waals surface area (Å²) in [6, 6.07) is 4.90. The number of carboxylic acid groups (broad SMARTS) is 1. The molecular formula is C16H24N2O3. The van der Waals surface area contributed by atoms with Crippen molar-refractivity contribution in [2.24, 2.45) is 0 Å². The number of anilines is 1. The Hall–Kier alpha value is -1.88. The smallest absolute Gasteiger partial charge is 0.230 e. The number of quaternary nitrogens is 1. The molecule has 0 aromatic heterocycles. The van der Waals surface area contributed by atoms with Crippen LogP contribution in [0.25, 0.3) is 0 Å². The third-order valence-corrected chi connectivity index (χ3v) is 3.22. The molecule has 0 unspecified atom stereocenters. The zero-order chi connectivity index (χ0) is 15.8.